The zero-order valence-electron chi connectivity index (χ0n) is 8.55. The van der Waals surface area contributed by atoms with Crippen molar-refractivity contribution >= 4 is 5.97 Å². The number of benzene rings is 1. The largest absolute Gasteiger partial charge is 0.481 e. The Kier molecular flexibility index (Phi) is 3.39. The lowest BCUT2D eigenvalue weighted by Crippen LogP contribution is -2.12. The van der Waals surface area contributed by atoms with Crippen molar-refractivity contribution in [3.8, 4) is 0 Å². The lowest BCUT2D eigenvalue weighted by Gasteiger charge is -2.13. The van der Waals surface area contributed by atoms with E-state index < -0.39 is 23.5 Å². The van der Waals surface area contributed by atoms with E-state index in [0.29, 0.717) is 17.5 Å². The number of halogens is 2. The Bertz CT molecular complexity index is 388. The van der Waals surface area contributed by atoms with Gasteiger partial charge in [0.1, 0.15) is 0 Å². The van der Waals surface area contributed by atoms with Gasteiger partial charge in [-0.1, -0.05) is 6.92 Å². The summed E-state index contributed by atoms with van der Waals surface area (Å²) < 4.78 is 25.8. The van der Waals surface area contributed by atoms with E-state index in [9.17, 15) is 13.6 Å². The molecule has 0 fully saturated rings. The standard InChI is InChI=1S/C11H12F2O2/c1-3-7(11(14)15)8-5-10(13)9(12)4-6(8)2/h4-5,7H,3H2,1-2H3,(H,14,15). The Morgan fingerprint density at radius 3 is 2.40 bits per heavy atom. The predicted octanol–water partition coefficient (Wildman–Crippen LogP) is 2.85. The van der Waals surface area contributed by atoms with E-state index in [2.05, 4.69) is 0 Å². The third-order valence-corrected chi connectivity index (χ3v) is 2.39. The van der Waals surface area contributed by atoms with Crippen molar-refractivity contribution in [2.45, 2.75) is 26.2 Å². The second-order valence-electron chi connectivity index (χ2n) is 3.42. The van der Waals surface area contributed by atoms with E-state index in [1.54, 1.807) is 13.8 Å². The minimum atomic E-state index is -1.02. The van der Waals surface area contributed by atoms with E-state index in [1.807, 2.05) is 0 Å². The van der Waals surface area contributed by atoms with Gasteiger partial charge in [-0.3, -0.25) is 4.79 Å². The van der Waals surface area contributed by atoms with E-state index in [0.717, 1.165) is 12.1 Å². The number of hydrogen-bond acceptors (Lipinski definition) is 1. The highest BCUT2D eigenvalue weighted by atomic mass is 19.2. The fourth-order valence-corrected chi connectivity index (χ4v) is 1.56. The maximum atomic E-state index is 13.0. The molecule has 0 saturated heterocycles. The maximum Gasteiger partial charge on any atom is 0.310 e. The molecule has 1 N–H and O–H groups in total. The Morgan fingerprint density at radius 2 is 1.93 bits per heavy atom. The molecule has 0 aliphatic heterocycles. The smallest absolute Gasteiger partial charge is 0.310 e. The summed E-state index contributed by atoms with van der Waals surface area (Å²) in [6.45, 7) is 3.27. The summed E-state index contributed by atoms with van der Waals surface area (Å²) in [4.78, 5) is 10.9. The summed E-state index contributed by atoms with van der Waals surface area (Å²) in [5, 5.41) is 8.90. The van der Waals surface area contributed by atoms with E-state index >= 15 is 0 Å². The number of rotatable bonds is 3. The molecular formula is C11H12F2O2. The predicted molar refractivity (Wildman–Crippen MR) is 51.8 cm³/mol. The first kappa shape index (κ1) is 11.6. The van der Waals surface area contributed by atoms with Gasteiger partial charge in [0.05, 0.1) is 5.92 Å². The first-order valence-electron chi connectivity index (χ1n) is 4.65. The number of carboxylic acids is 1. The van der Waals surface area contributed by atoms with Crippen LogP contribution in [0.2, 0.25) is 0 Å². The lowest BCUT2D eigenvalue weighted by molar-refractivity contribution is -0.138. The molecule has 0 saturated carbocycles. The molecule has 82 valence electrons. The van der Waals surface area contributed by atoms with Crippen LogP contribution < -0.4 is 0 Å². The van der Waals surface area contributed by atoms with Gasteiger partial charge in [-0.25, -0.2) is 8.78 Å². The topological polar surface area (TPSA) is 37.3 Å². The van der Waals surface area contributed by atoms with Crippen molar-refractivity contribution in [1.82, 2.24) is 0 Å². The summed E-state index contributed by atoms with van der Waals surface area (Å²) in [5.41, 5.74) is 0.798. The average molecular weight is 214 g/mol. The van der Waals surface area contributed by atoms with Crippen LogP contribution in [0.1, 0.15) is 30.4 Å². The molecule has 0 spiro atoms. The van der Waals surface area contributed by atoms with Crippen LogP contribution in [0.3, 0.4) is 0 Å². The van der Waals surface area contributed by atoms with Gasteiger partial charge in [0.25, 0.3) is 0 Å². The molecule has 4 heteroatoms. The average Bonchev–Trinajstić information content (AvgIpc) is 2.14. The van der Waals surface area contributed by atoms with Crippen LogP contribution in [-0.4, -0.2) is 11.1 Å². The monoisotopic (exact) mass is 214 g/mol. The molecule has 1 atom stereocenters. The van der Waals surface area contributed by atoms with Crippen LogP contribution in [0.25, 0.3) is 0 Å². The number of aryl methyl sites for hydroxylation is 1. The second kappa shape index (κ2) is 4.38. The van der Waals surface area contributed by atoms with Crippen LogP contribution in [-0.2, 0) is 4.79 Å². The van der Waals surface area contributed by atoms with Crippen molar-refractivity contribution in [2.24, 2.45) is 0 Å². The molecule has 0 bridgehead atoms. The van der Waals surface area contributed by atoms with Crippen molar-refractivity contribution < 1.29 is 18.7 Å². The van der Waals surface area contributed by atoms with Crippen molar-refractivity contribution in [3.05, 3.63) is 34.9 Å². The maximum absolute atomic E-state index is 13.0. The Hall–Kier alpha value is -1.45. The molecule has 0 aromatic heterocycles. The molecule has 0 amide bonds. The van der Waals surface area contributed by atoms with E-state index in [1.165, 1.54) is 0 Å². The summed E-state index contributed by atoms with van der Waals surface area (Å²) in [6.07, 6.45) is 0.348. The molecule has 0 heterocycles. The second-order valence-corrected chi connectivity index (χ2v) is 3.42. The minimum absolute atomic E-state index is 0.337. The summed E-state index contributed by atoms with van der Waals surface area (Å²) >= 11 is 0. The van der Waals surface area contributed by atoms with Gasteiger partial charge >= 0.3 is 5.97 Å². The zero-order valence-corrected chi connectivity index (χ0v) is 8.55. The molecule has 1 unspecified atom stereocenters. The zero-order chi connectivity index (χ0) is 11.6. The summed E-state index contributed by atoms with van der Waals surface area (Å²) in [7, 11) is 0. The summed E-state index contributed by atoms with van der Waals surface area (Å²) in [5.74, 6) is -3.75. The third kappa shape index (κ3) is 2.32. The molecule has 0 radical (unpaired) electrons. The van der Waals surface area contributed by atoms with Crippen molar-refractivity contribution in [3.63, 3.8) is 0 Å². The summed E-state index contributed by atoms with van der Waals surface area (Å²) in [6, 6.07) is 1.99. The van der Waals surface area contributed by atoms with Crippen LogP contribution in [0.5, 0.6) is 0 Å². The minimum Gasteiger partial charge on any atom is -0.481 e. The first-order valence-corrected chi connectivity index (χ1v) is 4.65. The highest BCUT2D eigenvalue weighted by molar-refractivity contribution is 5.76. The fraction of sp³-hybridized carbons (Fsp3) is 0.364. The number of hydrogen-bond donors (Lipinski definition) is 1. The number of carboxylic acid groups (broad SMARTS) is 1. The molecule has 2 nitrogen and oxygen atoms in total. The van der Waals surface area contributed by atoms with Crippen LogP contribution >= 0.6 is 0 Å². The molecule has 1 rings (SSSR count). The Labute approximate surface area is 86.5 Å². The fourth-order valence-electron chi connectivity index (χ4n) is 1.56. The highest BCUT2D eigenvalue weighted by Gasteiger charge is 2.21. The Morgan fingerprint density at radius 1 is 1.40 bits per heavy atom. The normalized spacial score (nSPS) is 12.5. The SMILES string of the molecule is CCC(C(=O)O)c1cc(F)c(F)cc1C. The molecule has 0 aliphatic carbocycles. The van der Waals surface area contributed by atoms with Gasteiger partial charge in [0.2, 0.25) is 0 Å². The molecule has 15 heavy (non-hydrogen) atoms. The number of aliphatic carboxylic acids is 1. The van der Waals surface area contributed by atoms with Gasteiger partial charge in [0, 0.05) is 0 Å². The van der Waals surface area contributed by atoms with Gasteiger partial charge in [-0.2, -0.15) is 0 Å². The first-order chi connectivity index (χ1) is 6.97. The number of carbonyl (C=O) groups is 1. The lowest BCUT2D eigenvalue weighted by atomic mass is 9.92. The van der Waals surface area contributed by atoms with Crippen molar-refractivity contribution in [1.29, 1.82) is 0 Å². The molecular weight excluding hydrogens is 202 g/mol. The van der Waals surface area contributed by atoms with Gasteiger partial charge in [0.15, 0.2) is 11.6 Å². The molecule has 1 aromatic carbocycles. The van der Waals surface area contributed by atoms with Gasteiger partial charge in [-0.15, -0.1) is 0 Å². The quantitative estimate of drug-likeness (QED) is 0.840. The van der Waals surface area contributed by atoms with Gasteiger partial charge < -0.3 is 5.11 Å². The van der Waals surface area contributed by atoms with Gasteiger partial charge in [-0.05, 0) is 36.6 Å². The third-order valence-electron chi connectivity index (χ3n) is 2.39. The Balaban J connectivity index is 3.24. The van der Waals surface area contributed by atoms with E-state index in [4.69, 9.17) is 5.11 Å². The van der Waals surface area contributed by atoms with Crippen LogP contribution in [0, 0.1) is 18.6 Å². The molecule has 1 aromatic rings. The van der Waals surface area contributed by atoms with Crippen molar-refractivity contribution in [2.75, 3.05) is 0 Å². The molecule has 0 aliphatic rings. The van der Waals surface area contributed by atoms with Crippen LogP contribution in [0.15, 0.2) is 12.1 Å². The van der Waals surface area contributed by atoms with Crippen LogP contribution in [0.4, 0.5) is 8.78 Å². The highest BCUT2D eigenvalue weighted by Crippen LogP contribution is 2.25. The van der Waals surface area contributed by atoms with E-state index in [-0.39, 0.29) is 0 Å².